The number of rotatable bonds is 4. The van der Waals surface area contributed by atoms with Crippen LogP contribution in [0.3, 0.4) is 0 Å². The molecule has 1 heterocycles. The second kappa shape index (κ2) is 5.75. The number of amides is 1. The van der Waals surface area contributed by atoms with E-state index in [9.17, 15) is 4.79 Å². The first kappa shape index (κ1) is 12.7. The lowest BCUT2D eigenvalue weighted by Gasteiger charge is -2.04. The van der Waals surface area contributed by atoms with Gasteiger partial charge in [-0.1, -0.05) is 12.1 Å². The van der Waals surface area contributed by atoms with Crippen molar-refractivity contribution in [3.8, 4) is 0 Å². The Bertz CT molecular complexity index is 551. The van der Waals surface area contributed by atoms with Crippen LogP contribution >= 0.6 is 11.8 Å². The van der Waals surface area contributed by atoms with Crippen molar-refractivity contribution < 1.29 is 9.21 Å². The Hall–Kier alpha value is -1.72. The number of nitrogen functional groups attached to an aromatic ring is 1. The monoisotopic (exact) mass is 262 g/mol. The molecular weight excluding hydrogens is 248 g/mol. The Balaban J connectivity index is 2.06. The van der Waals surface area contributed by atoms with Crippen LogP contribution in [0.25, 0.3) is 0 Å². The van der Waals surface area contributed by atoms with Crippen LogP contribution in [0.15, 0.2) is 45.9 Å². The number of carbonyl (C=O) groups is 1. The Kier molecular flexibility index (Phi) is 4.07. The fourth-order valence-corrected chi connectivity index (χ4v) is 2.47. The molecule has 4 nitrogen and oxygen atoms in total. The molecule has 0 spiro atoms. The van der Waals surface area contributed by atoms with Gasteiger partial charge < -0.3 is 4.42 Å². The largest absolute Gasteiger partial charge is 0.468 e. The minimum Gasteiger partial charge on any atom is -0.468 e. The number of hydrogen-bond donors (Lipinski definition) is 2. The lowest BCUT2D eigenvalue weighted by Crippen LogP contribution is -2.29. The summed E-state index contributed by atoms with van der Waals surface area (Å²) in [5.41, 5.74) is 3.77. The maximum absolute atomic E-state index is 11.4. The molecule has 0 aliphatic carbocycles. The van der Waals surface area contributed by atoms with Crippen molar-refractivity contribution >= 4 is 17.7 Å². The van der Waals surface area contributed by atoms with E-state index < -0.39 is 0 Å². The van der Waals surface area contributed by atoms with E-state index in [0.717, 1.165) is 22.0 Å². The summed E-state index contributed by atoms with van der Waals surface area (Å²) in [6.45, 7) is 1.93. The summed E-state index contributed by atoms with van der Waals surface area (Å²) in [6, 6.07) is 9.35. The van der Waals surface area contributed by atoms with Crippen molar-refractivity contribution in [2.45, 2.75) is 17.6 Å². The second-order valence-electron chi connectivity index (χ2n) is 3.80. The average Bonchev–Trinajstić information content (AvgIpc) is 2.81. The Morgan fingerprint density at radius 2 is 2.28 bits per heavy atom. The summed E-state index contributed by atoms with van der Waals surface area (Å²) in [4.78, 5) is 12.5. The predicted octanol–water partition coefficient (Wildman–Crippen LogP) is 2.48. The van der Waals surface area contributed by atoms with Crippen molar-refractivity contribution in [3.63, 3.8) is 0 Å². The highest BCUT2D eigenvalue weighted by atomic mass is 32.2. The van der Waals surface area contributed by atoms with E-state index in [1.807, 2.05) is 31.2 Å². The van der Waals surface area contributed by atoms with Gasteiger partial charge in [0.05, 0.1) is 6.26 Å². The van der Waals surface area contributed by atoms with Gasteiger partial charge in [0.25, 0.3) is 5.91 Å². The van der Waals surface area contributed by atoms with E-state index >= 15 is 0 Å². The summed E-state index contributed by atoms with van der Waals surface area (Å²) >= 11 is 1.68. The van der Waals surface area contributed by atoms with Crippen LogP contribution < -0.4 is 11.3 Å². The number of hydrazine groups is 1. The van der Waals surface area contributed by atoms with Gasteiger partial charge in [-0.25, -0.2) is 5.84 Å². The molecule has 0 radical (unpaired) electrons. The van der Waals surface area contributed by atoms with E-state index in [1.165, 1.54) is 0 Å². The SMILES string of the molecule is Cc1occc1SCc1cccc(C(=O)NN)c1. The molecule has 1 aromatic carbocycles. The minimum absolute atomic E-state index is 0.277. The Morgan fingerprint density at radius 3 is 2.94 bits per heavy atom. The van der Waals surface area contributed by atoms with Gasteiger partial charge in [-0.15, -0.1) is 11.8 Å². The normalized spacial score (nSPS) is 10.3. The topological polar surface area (TPSA) is 68.3 Å². The Labute approximate surface area is 110 Å². The van der Waals surface area contributed by atoms with Crippen molar-refractivity contribution in [2.24, 2.45) is 5.84 Å². The zero-order valence-electron chi connectivity index (χ0n) is 9.97. The highest BCUT2D eigenvalue weighted by Gasteiger charge is 2.06. The van der Waals surface area contributed by atoms with E-state index in [1.54, 1.807) is 24.1 Å². The van der Waals surface area contributed by atoms with E-state index in [4.69, 9.17) is 10.3 Å². The number of carbonyl (C=O) groups excluding carboxylic acids is 1. The van der Waals surface area contributed by atoms with Gasteiger partial charge >= 0.3 is 0 Å². The third-order valence-electron chi connectivity index (χ3n) is 2.53. The number of hydrogen-bond acceptors (Lipinski definition) is 4. The Morgan fingerprint density at radius 1 is 1.44 bits per heavy atom. The number of benzene rings is 1. The summed E-state index contributed by atoms with van der Waals surface area (Å²) < 4.78 is 5.23. The van der Waals surface area contributed by atoms with Gasteiger partial charge in [0, 0.05) is 16.2 Å². The molecule has 2 aromatic rings. The van der Waals surface area contributed by atoms with Crippen LogP contribution in [-0.2, 0) is 5.75 Å². The molecule has 18 heavy (non-hydrogen) atoms. The zero-order valence-corrected chi connectivity index (χ0v) is 10.8. The lowest BCUT2D eigenvalue weighted by molar-refractivity contribution is 0.0953. The van der Waals surface area contributed by atoms with Gasteiger partial charge in [-0.3, -0.25) is 10.2 Å². The van der Waals surface area contributed by atoms with E-state index in [0.29, 0.717) is 5.56 Å². The minimum atomic E-state index is -0.277. The van der Waals surface area contributed by atoms with Crippen LogP contribution in [0, 0.1) is 6.92 Å². The highest BCUT2D eigenvalue weighted by molar-refractivity contribution is 7.98. The molecule has 0 unspecified atom stereocenters. The summed E-state index contributed by atoms with van der Waals surface area (Å²) in [5, 5.41) is 0. The van der Waals surface area contributed by atoms with Gasteiger partial charge in [0.2, 0.25) is 0 Å². The molecule has 1 aromatic heterocycles. The zero-order chi connectivity index (χ0) is 13.0. The smallest absolute Gasteiger partial charge is 0.265 e. The van der Waals surface area contributed by atoms with Crippen molar-refractivity contribution in [1.29, 1.82) is 0 Å². The molecule has 94 valence electrons. The first-order chi connectivity index (χ1) is 8.70. The van der Waals surface area contributed by atoms with Gasteiger partial charge in [-0.2, -0.15) is 0 Å². The summed E-state index contributed by atoms with van der Waals surface area (Å²) in [7, 11) is 0. The fourth-order valence-electron chi connectivity index (χ4n) is 1.57. The third-order valence-corrected chi connectivity index (χ3v) is 3.74. The van der Waals surface area contributed by atoms with Crippen LogP contribution in [0.4, 0.5) is 0 Å². The van der Waals surface area contributed by atoms with Crippen LogP contribution in [0.2, 0.25) is 0 Å². The molecule has 0 saturated heterocycles. The van der Waals surface area contributed by atoms with Crippen molar-refractivity contribution in [3.05, 3.63) is 53.5 Å². The molecule has 0 bridgehead atoms. The van der Waals surface area contributed by atoms with Crippen LogP contribution in [0.1, 0.15) is 21.7 Å². The van der Waals surface area contributed by atoms with Crippen molar-refractivity contribution in [1.82, 2.24) is 5.43 Å². The first-order valence-corrected chi connectivity index (χ1v) is 6.46. The number of aryl methyl sites for hydroxylation is 1. The van der Waals surface area contributed by atoms with E-state index in [2.05, 4.69) is 5.43 Å². The highest BCUT2D eigenvalue weighted by Crippen LogP contribution is 2.26. The second-order valence-corrected chi connectivity index (χ2v) is 4.82. The molecule has 0 fully saturated rings. The fraction of sp³-hybridized carbons (Fsp3) is 0.154. The number of furan rings is 1. The molecule has 1 amide bonds. The van der Waals surface area contributed by atoms with Gasteiger partial charge in [-0.05, 0) is 30.7 Å². The maximum atomic E-state index is 11.4. The summed E-state index contributed by atoms with van der Waals surface area (Å²) in [6.07, 6.45) is 1.68. The van der Waals surface area contributed by atoms with Crippen molar-refractivity contribution in [2.75, 3.05) is 0 Å². The predicted molar refractivity (Wildman–Crippen MR) is 71.1 cm³/mol. The third kappa shape index (κ3) is 2.94. The average molecular weight is 262 g/mol. The lowest BCUT2D eigenvalue weighted by atomic mass is 10.1. The quantitative estimate of drug-likeness (QED) is 0.384. The molecule has 5 heteroatoms. The number of nitrogens with two attached hydrogens (primary N) is 1. The maximum Gasteiger partial charge on any atom is 0.265 e. The van der Waals surface area contributed by atoms with Crippen LogP contribution in [0.5, 0.6) is 0 Å². The van der Waals surface area contributed by atoms with Crippen LogP contribution in [-0.4, -0.2) is 5.91 Å². The molecule has 2 rings (SSSR count). The summed E-state index contributed by atoms with van der Waals surface area (Å²) in [5.74, 6) is 6.53. The molecule has 3 N–H and O–H groups in total. The molecule has 0 aliphatic heterocycles. The molecular formula is C13H14N2O2S. The van der Waals surface area contributed by atoms with Gasteiger partial charge in [0.1, 0.15) is 5.76 Å². The number of thioether (sulfide) groups is 1. The molecule has 0 atom stereocenters. The number of nitrogens with one attached hydrogen (secondary N) is 1. The molecule has 0 saturated carbocycles. The van der Waals surface area contributed by atoms with Gasteiger partial charge in [0.15, 0.2) is 0 Å². The standard InChI is InChI=1S/C13H14N2O2S/c1-9-12(5-6-17-9)18-8-10-3-2-4-11(7-10)13(16)15-14/h2-7H,8,14H2,1H3,(H,15,16). The first-order valence-electron chi connectivity index (χ1n) is 5.47. The molecule has 0 aliphatic rings. The van der Waals surface area contributed by atoms with E-state index in [-0.39, 0.29) is 5.91 Å².